The van der Waals surface area contributed by atoms with Gasteiger partial charge in [-0.2, -0.15) is 0 Å². The summed E-state index contributed by atoms with van der Waals surface area (Å²) >= 11 is 0. The van der Waals surface area contributed by atoms with Gasteiger partial charge in [0.2, 0.25) is 0 Å². The quantitative estimate of drug-likeness (QED) is 0.758. The van der Waals surface area contributed by atoms with Crippen molar-refractivity contribution < 1.29 is 9.18 Å². The Morgan fingerprint density at radius 2 is 1.81 bits per heavy atom. The average molecular weight is 220 g/mol. The van der Waals surface area contributed by atoms with Crippen molar-refractivity contribution in [3.8, 4) is 0 Å². The Morgan fingerprint density at radius 3 is 2.44 bits per heavy atom. The maximum Gasteiger partial charge on any atom is 0.136 e. The van der Waals surface area contributed by atoms with Crippen LogP contribution in [0.25, 0.3) is 0 Å². The topological polar surface area (TPSA) is 17.1 Å². The fraction of sp³-hybridized carbons (Fsp3) is 0.500. The molecule has 1 fully saturated rings. The summed E-state index contributed by atoms with van der Waals surface area (Å²) in [6.07, 6.45) is 5.90. The highest BCUT2D eigenvalue weighted by Gasteiger charge is 2.21. The molecule has 1 aromatic carbocycles. The first-order valence-electron chi connectivity index (χ1n) is 6.03. The molecule has 2 rings (SSSR count). The summed E-state index contributed by atoms with van der Waals surface area (Å²) < 4.78 is 12.7. The zero-order valence-corrected chi connectivity index (χ0v) is 9.42. The van der Waals surface area contributed by atoms with Gasteiger partial charge in [-0.25, -0.2) is 4.39 Å². The number of hydrogen-bond acceptors (Lipinski definition) is 1. The summed E-state index contributed by atoms with van der Waals surface area (Å²) in [5, 5.41) is 0. The Hall–Kier alpha value is -1.18. The van der Waals surface area contributed by atoms with E-state index in [-0.39, 0.29) is 5.82 Å². The van der Waals surface area contributed by atoms with Gasteiger partial charge in [-0.3, -0.25) is 4.79 Å². The van der Waals surface area contributed by atoms with Crippen LogP contribution in [0.5, 0.6) is 0 Å². The Labute approximate surface area is 95.7 Å². The van der Waals surface area contributed by atoms with Crippen molar-refractivity contribution in [1.82, 2.24) is 0 Å². The normalized spacial score (nSPS) is 16.6. The lowest BCUT2D eigenvalue weighted by Gasteiger charge is -2.07. The van der Waals surface area contributed by atoms with Crippen molar-refractivity contribution in [3.05, 3.63) is 35.6 Å². The van der Waals surface area contributed by atoms with Crippen LogP contribution < -0.4 is 0 Å². The molecule has 1 aliphatic carbocycles. The van der Waals surface area contributed by atoms with Gasteiger partial charge >= 0.3 is 0 Å². The van der Waals surface area contributed by atoms with E-state index in [0.29, 0.717) is 18.1 Å². The van der Waals surface area contributed by atoms with E-state index in [2.05, 4.69) is 0 Å². The van der Waals surface area contributed by atoms with E-state index in [1.165, 1.54) is 25.0 Å². The van der Waals surface area contributed by atoms with E-state index in [9.17, 15) is 9.18 Å². The number of aryl methyl sites for hydroxylation is 1. The first-order valence-corrected chi connectivity index (χ1v) is 6.03. The minimum Gasteiger partial charge on any atom is -0.299 e. The summed E-state index contributed by atoms with van der Waals surface area (Å²) in [4.78, 5) is 11.8. The summed E-state index contributed by atoms with van der Waals surface area (Å²) in [6.45, 7) is 0. The molecule has 16 heavy (non-hydrogen) atoms. The highest BCUT2D eigenvalue weighted by Crippen LogP contribution is 2.26. The molecular weight excluding hydrogens is 203 g/mol. The van der Waals surface area contributed by atoms with Crippen LogP contribution >= 0.6 is 0 Å². The predicted molar refractivity (Wildman–Crippen MR) is 61.7 cm³/mol. The zero-order valence-electron chi connectivity index (χ0n) is 9.42. The Balaban J connectivity index is 1.82. The molecule has 0 aliphatic heterocycles. The lowest BCUT2D eigenvalue weighted by Crippen LogP contribution is -2.11. The van der Waals surface area contributed by atoms with Crippen molar-refractivity contribution in [2.24, 2.45) is 5.92 Å². The lowest BCUT2D eigenvalue weighted by atomic mass is 9.97. The van der Waals surface area contributed by atoms with Gasteiger partial charge in [-0.1, -0.05) is 25.0 Å². The standard InChI is InChI=1S/C14H17FO/c15-13-8-5-11(6-9-13)7-10-14(16)12-3-1-2-4-12/h5-6,8-9,12H,1-4,7,10H2. The van der Waals surface area contributed by atoms with Crippen LogP contribution in [0.2, 0.25) is 0 Å². The number of halogens is 1. The summed E-state index contributed by atoms with van der Waals surface area (Å²) in [5.74, 6) is 0.480. The van der Waals surface area contributed by atoms with Crippen LogP contribution in [0.3, 0.4) is 0 Å². The molecule has 0 heterocycles. The number of hydrogen-bond donors (Lipinski definition) is 0. The van der Waals surface area contributed by atoms with Crippen LogP contribution in [0.15, 0.2) is 24.3 Å². The monoisotopic (exact) mass is 220 g/mol. The molecule has 1 saturated carbocycles. The van der Waals surface area contributed by atoms with Crippen LogP contribution in [-0.2, 0) is 11.2 Å². The van der Waals surface area contributed by atoms with Gasteiger partial charge < -0.3 is 0 Å². The fourth-order valence-electron chi connectivity index (χ4n) is 2.37. The van der Waals surface area contributed by atoms with E-state index < -0.39 is 0 Å². The molecular formula is C14H17FO. The van der Waals surface area contributed by atoms with Crippen LogP contribution in [0.4, 0.5) is 4.39 Å². The third-order valence-electron chi connectivity index (χ3n) is 3.38. The van der Waals surface area contributed by atoms with E-state index >= 15 is 0 Å². The van der Waals surface area contributed by atoms with E-state index in [4.69, 9.17) is 0 Å². The Bertz CT molecular complexity index is 350. The molecule has 0 amide bonds. The van der Waals surface area contributed by atoms with Crippen molar-refractivity contribution in [2.45, 2.75) is 38.5 Å². The van der Waals surface area contributed by atoms with E-state index in [0.717, 1.165) is 24.8 Å². The molecule has 1 nitrogen and oxygen atoms in total. The third kappa shape index (κ3) is 2.91. The van der Waals surface area contributed by atoms with Crippen LogP contribution in [0.1, 0.15) is 37.7 Å². The number of rotatable bonds is 4. The number of ketones is 1. The Morgan fingerprint density at radius 1 is 1.19 bits per heavy atom. The number of Topliss-reactive ketones (excluding diaryl/α,β-unsaturated/α-hetero) is 1. The summed E-state index contributed by atoms with van der Waals surface area (Å²) in [5.41, 5.74) is 1.05. The predicted octanol–water partition coefficient (Wildman–Crippen LogP) is 3.52. The van der Waals surface area contributed by atoms with E-state index in [1.54, 1.807) is 12.1 Å². The zero-order chi connectivity index (χ0) is 11.4. The number of carbonyl (C=O) groups is 1. The highest BCUT2D eigenvalue weighted by atomic mass is 19.1. The highest BCUT2D eigenvalue weighted by molar-refractivity contribution is 5.81. The minimum absolute atomic E-state index is 0.217. The van der Waals surface area contributed by atoms with Gasteiger partial charge in [0.25, 0.3) is 0 Å². The third-order valence-corrected chi connectivity index (χ3v) is 3.38. The summed E-state index contributed by atoms with van der Waals surface area (Å²) in [7, 11) is 0. The summed E-state index contributed by atoms with van der Waals surface area (Å²) in [6, 6.07) is 6.43. The van der Waals surface area contributed by atoms with Crippen molar-refractivity contribution in [2.75, 3.05) is 0 Å². The maximum absolute atomic E-state index is 12.7. The average Bonchev–Trinajstić information content (AvgIpc) is 2.81. The second-order valence-corrected chi connectivity index (χ2v) is 4.57. The van der Waals surface area contributed by atoms with E-state index in [1.807, 2.05) is 0 Å². The largest absolute Gasteiger partial charge is 0.299 e. The van der Waals surface area contributed by atoms with Gasteiger partial charge in [0, 0.05) is 12.3 Å². The van der Waals surface area contributed by atoms with Gasteiger partial charge in [-0.15, -0.1) is 0 Å². The molecule has 0 aromatic heterocycles. The molecule has 0 atom stereocenters. The molecule has 0 radical (unpaired) electrons. The first kappa shape index (κ1) is 11.3. The Kier molecular flexibility index (Phi) is 3.70. The number of benzene rings is 1. The first-order chi connectivity index (χ1) is 7.75. The van der Waals surface area contributed by atoms with Crippen molar-refractivity contribution in [1.29, 1.82) is 0 Å². The molecule has 0 bridgehead atoms. The SMILES string of the molecule is O=C(CCc1ccc(F)cc1)C1CCCC1. The molecule has 86 valence electrons. The van der Waals surface area contributed by atoms with Gasteiger partial charge in [0.1, 0.15) is 11.6 Å². The van der Waals surface area contributed by atoms with Crippen LogP contribution in [0, 0.1) is 11.7 Å². The van der Waals surface area contributed by atoms with Gasteiger partial charge in [0.15, 0.2) is 0 Å². The van der Waals surface area contributed by atoms with Crippen molar-refractivity contribution >= 4 is 5.78 Å². The second kappa shape index (κ2) is 5.24. The van der Waals surface area contributed by atoms with Crippen molar-refractivity contribution in [3.63, 3.8) is 0 Å². The second-order valence-electron chi connectivity index (χ2n) is 4.57. The van der Waals surface area contributed by atoms with Crippen LogP contribution in [-0.4, -0.2) is 5.78 Å². The lowest BCUT2D eigenvalue weighted by molar-refractivity contribution is -0.122. The molecule has 2 heteroatoms. The van der Waals surface area contributed by atoms with Gasteiger partial charge in [-0.05, 0) is 37.0 Å². The van der Waals surface area contributed by atoms with Gasteiger partial charge in [0.05, 0.1) is 0 Å². The molecule has 0 unspecified atom stereocenters. The maximum atomic E-state index is 12.7. The molecule has 0 saturated heterocycles. The minimum atomic E-state index is -0.217. The molecule has 1 aliphatic rings. The smallest absolute Gasteiger partial charge is 0.136 e. The molecule has 0 N–H and O–H groups in total. The molecule has 1 aromatic rings. The fourth-order valence-corrected chi connectivity index (χ4v) is 2.37. The number of carbonyl (C=O) groups excluding carboxylic acids is 1. The molecule has 0 spiro atoms.